The first-order valence-electron chi connectivity index (χ1n) is 12.6. The van der Waals surface area contributed by atoms with Crippen LogP contribution in [0.1, 0.15) is 123 Å². The second-order valence-corrected chi connectivity index (χ2v) is 9.50. The van der Waals surface area contributed by atoms with Crippen LogP contribution in [0.5, 0.6) is 0 Å². The summed E-state index contributed by atoms with van der Waals surface area (Å²) in [5.74, 6) is -1.06. The van der Waals surface area contributed by atoms with Crippen molar-refractivity contribution in [1.29, 1.82) is 0 Å². The number of hydrogen-bond donors (Lipinski definition) is 1. The highest BCUT2D eigenvalue weighted by atomic mass is 16.4. The zero-order chi connectivity index (χ0) is 22.7. The minimum atomic E-state index is -1.09. The van der Waals surface area contributed by atoms with Crippen molar-refractivity contribution in [2.24, 2.45) is 0 Å². The molecule has 0 bridgehead atoms. The first-order valence-corrected chi connectivity index (χ1v) is 12.6. The van der Waals surface area contributed by atoms with Crippen molar-refractivity contribution in [3.05, 3.63) is 0 Å². The number of hydrogen-bond acceptors (Lipinski definition) is 3. The molecule has 0 aromatic rings. The molecule has 178 valence electrons. The molecule has 0 aliphatic rings. The molecule has 0 aliphatic heterocycles. The number of unbranched alkanes of at least 4 members (excludes halogenated alkanes) is 14. The Morgan fingerprint density at radius 2 is 1.13 bits per heavy atom. The zero-order valence-corrected chi connectivity index (χ0v) is 20.5. The van der Waals surface area contributed by atoms with Crippen molar-refractivity contribution in [1.82, 2.24) is 5.32 Å². The van der Waals surface area contributed by atoms with Gasteiger partial charge in [0.1, 0.15) is 6.54 Å². The molecule has 0 saturated carbocycles. The van der Waals surface area contributed by atoms with E-state index in [2.05, 4.69) is 12.2 Å². The Bertz CT molecular complexity index is 438. The van der Waals surface area contributed by atoms with E-state index in [4.69, 9.17) is 0 Å². The Hall–Kier alpha value is -1.10. The number of likely N-dealkylation sites (N-methyl/N-ethyl adjacent to an activating group) is 1. The van der Waals surface area contributed by atoms with E-state index in [1.807, 2.05) is 21.0 Å². The highest BCUT2D eigenvalue weighted by molar-refractivity contribution is 5.76. The summed E-state index contributed by atoms with van der Waals surface area (Å²) in [6.45, 7) is 4.13. The van der Waals surface area contributed by atoms with Gasteiger partial charge in [-0.3, -0.25) is 4.79 Å². The smallest absolute Gasteiger partial charge is 0.224 e. The second kappa shape index (κ2) is 18.7. The number of nitrogens with one attached hydrogen (secondary N) is 1. The Balaban J connectivity index is 3.57. The number of rotatable bonds is 21. The first kappa shape index (κ1) is 28.9. The van der Waals surface area contributed by atoms with E-state index in [9.17, 15) is 14.7 Å². The summed E-state index contributed by atoms with van der Waals surface area (Å²) in [5.41, 5.74) is 0. The van der Waals surface area contributed by atoms with Gasteiger partial charge in [-0.15, -0.1) is 0 Å². The predicted octanol–water partition coefficient (Wildman–Crippen LogP) is 4.93. The molecule has 0 heterocycles. The van der Waals surface area contributed by atoms with Crippen molar-refractivity contribution >= 4 is 11.9 Å². The lowest BCUT2D eigenvalue weighted by Gasteiger charge is -2.38. The summed E-state index contributed by atoms with van der Waals surface area (Å²) < 4.78 is 0.212. The van der Waals surface area contributed by atoms with E-state index in [0.29, 0.717) is 12.8 Å². The third kappa shape index (κ3) is 16.7. The molecule has 0 aliphatic carbocycles. The van der Waals surface area contributed by atoms with Gasteiger partial charge >= 0.3 is 0 Å². The normalized spacial score (nSPS) is 12.7. The van der Waals surface area contributed by atoms with Crippen LogP contribution in [0, 0.1) is 0 Å². The second-order valence-electron chi connectivity index (χ2n) is 9.50. The molecule has 1 unspecified atom stereocenters. The van der Waals surface area contributed by atoms with Gasteiger partial charge in [-0.05, 0) is 6.42 Å². The third-order valence-corrected chi connectivity index (χ3v) is 6.10. The maximum Gasteiger partial charge on any atom is 0.224 e. The Labute approximate surface area is 186 Å². The van der Waals surface area contributed by atoms with Gasteiger partial charge in [0.15, 0.2) is 6.17 Å². The lowest BCUT2D eigenvalue weighted by atomic mass is 10.0. The number of carboxylic acids is 1. The van der Waals surface area contributed by atoms with E-state index >= 15 is 0 Å². The number of quaternary nitrogens is 1. The summed E-state index contributed by atoms with van der Waals surface area (Å²) in [4.78, 5) is 23.1. The fraction of sp³-hybridized carbons (Fsp3) is 0.920. The molecule has 1 atom stereocenters. The molecule has 0 radical (unpaired) electrons. The number of carboxylic acid groups (broad SMARTS) is 1. The Morgan fingerprint density at radius 1 is 0.733 bits per heavy atom. The van der Waals surface area contributed by atoms with Crippen molar-refractivity contribution in [2.45, 2.75) is 129 Å². The summed E-state index contributed by atoms with van der Waals surface area (Å²) >= 11 is 0. The highest BCUT2D eigenvalue weighted by Gasteiger charge is 2.28. The molecule has 1 N–H and O–H groups in total. The van der Waals surface area contributed by atoms with Crippen LogP contribution < -0.4 is 10.4 Å². The molecule has 0 saturated heterocycles. The number of carbonyl (C=O) groups excluding carboxylic acids is 2. The number of amides is 1. The average Bonchev–Trinajstić information content (AvgIpc) is 2.68. The molecule has 0 fully saturated rings. The van der Waals surface area contributed by atoms with Crippen LogP contribution in [0.15, 0.2) is 0 Å². The zero-order valence-electron chi connectivity index (χ0n) is 20.5. The summed E-state index contributed by atoms with van der Waals surface area (Å²) in [7, 11) is 3.63. The summed E-state index contributed by atoms with van der Waals surface area (Å²) in [5, 5.41) is 13.9. The largest absolute Gasteiger partial charge is 0.544 e. The van der Waals surface area contributed by atoms with E-state index < -0.39 is 5.97 Å². The van der Waals surface area contributed by atoms with E-state index in [-0.39, 0.29) is 23.1 Å². The van der Waals surface area contributed by atoms with Crippen LogP contribution in [0.4, 0.5) is 0 Å². The first-order chi connectivity index (χ1) is 14.3. The summed E-state index contributed by atoms with van der Waals surface area (Å²) in [6, 6.07) is 0. The molecule has 0 rings (SSSR count). The Kier molecular flexibility index (Phi) is 18.0. The topological polar surface area (TPSA) is 69.2 Å². The molecule has 5 nitrogen and oxygen atoms in total. The van der Waals surface area contributed by atoms with Crippen LogP contribution in [-0.4, -0.2) is 43.2 Å². The van der Waals surface area contributed by atoms with Crippen molar-refractivity contribution in [3.63, 3.8) is 0 Å². The van der Waals surface area contributed by atoms with Gasteiger partial charge in [0, 0.05) is 12.8 Å². The number of carbonyl (C=O) groups is 2. The SMILES string of the molecule is CCCCCCCCCCCCCCCCCC(=O)NC(CC)[N+](C)(C)CC(=O)[O-]. The van der Waals surface area contributed by atoms with Gasteiger partial charge in [0.25, 0.3) is 0 Å². The van der Waals surface area contributed by atoms with Gasteiger partial charge in [-0.1, -0.05) is 104 Å². The standard InChI is InChI=1S/C25H50N2O3/c1-5-7-8-9-10-11-12-13-14-15-16-17-18-19-20-21-24(28)26-23(6-2)27(3,4)22-25(29)30/h23H,5-22H2,1-4H3,(H-,26,28,29,30). The van der Waals surface area contributed by atoms with Gasteiger partial charge in [0.05, 0.1) is 20.1 Å². The van der Waals surface area contributed by atoms with Crippen LogP contribution >= 0.6 is 0 Å². The van der Waals surface area contributed by atoms with Crippen LogP contribution in [0.25, 0.3) is 0 Å². The molecule has 30 heavy (non-hydrogen) atoms. The van der Waals surface area contributed by atoms with Gasteiger partial charge in [-0.2, -0.15) is 0 Å². The predicted molar refractivity (Wildman–Crippen MR) is 124 cm³/mol. The van der Waals surface area contributed by atoms with Crippen molar-refractivity contribution < 1.29 is 19.2 Å². The molecule has 0 aromatic heterocycles. The van der Waals surface area contributed by atoms with Crippen molar-refractivity contribution in [3.8, 4) is 0 Å². The average molecular weight is 427 g/mol. The van der Waals surface area contributed by atoms with Crippen LogP contribution in [0.3, 0.4) is 0 Å². The monoisotopic (exact) mass is 426 g/mol. The lowest BCUT2D eigenvalue weighted by Crippen LogP contribution is -2.60. The fourth-order valence-corrected chi connectivity index (χ4v) is 4.13. The fourth-order valence-electron chi connectivity index (χ4n) is 4.13. The maximum absolute atomic E-state index is 12.2. The molecule has 1 amide bonds. The van der Waals surface area contributed by atoms with E-state index in [1.54, 1.807) is 0 Å². The van der Waals surface area contributed by atoms with Gasteiger partial charge in [0.2, 0.25) is 5.91 Å². The van der Waals surface area contributed by atoms with E-state index in [1.165, 1.54) is 83.5 Å². The van der Waals surface area contributed by atoms with Crippen LogP contribution in [-0.2, 0) is 9.59 Å². The highest BCUT2D eigenvalue weighted by Crippen LogP contribution is 2.14. The maximum atomic E-state index is 12.2. The minimum absolute atomic E-state index is 0.0288. The quantitative estimate of drug-likeness (QED) is 0.161. The molecular formula is C25H50N2O3. The Morgan fingerprint density at radius 3 is 1.50 bits per heavy atom. The van der Waals surface area contributed by atoms with Crippen molar-refractivity contribution in [2.75, 3.05) is 20.6 Å². The van der Waals surface area contributed by atoms with Gasteiger partial charge < -0.3 is 19.7 Å². The van der Waals surface area contributed by atoms with Gasteiger partial charge in [-0.25, -0.2) is 0 Å². The lowest BCUT2D eigenvalue weighted by molar-refractivity contribution is -0.912. The minimum Gasteiger partial charge on any atom is -0.544 e. The molecule has 0 spiro atoms. The number of aliphatic carboxylic acids is 1. The number of nitrogens with zero attached hydrogens (tertiary/aromatic N) is 1. The molecule has 0 aromatic carbocycles. The summed E-state index contributed by atoms with van der Waals surface area (Å²) in [6.07, 6.45) is 20.7. The molecular weight excluding hydrogens is 376 g/mol. The third-order valence-electron chi connectivity index (χ3n) is 6.10. The van der Waals surface area contributed by atoms with E-state index in [0.717, 1.165) is 12.8 Å². The molecule has 5 heteroatoms. The van der Waals surface area contributed by atoms with Crippen LogP contribution in [0.2, 0.25) is 0 Å².